The van der Waals surface area contributed by atoms with Crippen molar-refractivity contribution in [2.45, 2.75) is 13.0 Å². The van der Waals surface area contributed by atoms with Crippen LogP contribution < -0.4 is 10.6 Å². The number of halogens is 2. The van der Waals surface area contributed by atoms with Crippen LogP contribution in [0.4, 0.5) is 5.69 Å². The first-order valence-corrected chi connectivity index (χ1v) is 7.77. The van der Waals surface area contributed by atoms with Gasteiger partial charge in [0.15, 0.2) is 0 Å². The van der Waals surface area contributed by atoms with Crippen LogP contribution >= 0.6 is 27.5 Å². The van der Waals surface area contributed by atoms with E-state index in [9.17, 15) is 9.59 Å². The summed E-state index contributed by atoms with van der Waals surface area (Å²) in [5, 5.41) is 6.02. The first-order valence-electron chi connectivity index (χ1n) is 6.60. The summed E-state index contributed by atoms with van der Waals surface area (Å²) in [6.07, 6.45) is -0.227. The Balaban J connectivity index is 1.80. The fourth-order valence-corrected chi connectivity index (χ4v) is 2.28. The molecule has 2 aromatic carbocycles. The van der Waals surface area contributed by atoms with Gasteiger partial charge in [0.05, 0.1) is 5.69 Å². The molecule has 2 amide bonds. The molecule has 0 radical (unpaired) electrons. The van der Waals surface area contributed by atoms with Crippen molar-refractivity contribution in [2.24, 2.45) is 0 Å². The van der Waals surface area contributed by atoms with Gasteiger partial charge in [-0.05, 0) is 45.8 Å². The third-order valence-corrected chi connectivity index (χ3v) is 3.82. The second-order valence-electron chi connectivity index (χ2n) is 4.61. The van der Waals surface area contributed by atoms with Crippen LogP contribution in [0.15, 0.2) is 53.0 Å². The molecule has 0 fully saturated rings. The van der Waals surface area contributed by atoms with Crippen LogP contribution in [0, 0.1) is 0 Å². The minimum atomic E-state index is -0.361. The van der Waals surface area contributed by atoms with Crippen LogP contribution in [0.3, 0.4) is 0 Å². The molecule has 4 nitrogen and oxygen atoms in total. The Morgan fingerprint density at radius 2 is 1.68 bits per heavy atom. The molecule has 0 aliphatic heterocycles. The molecular formula is C16H14BrClN2O2. The molecular weight excluding hydrogens is 368 g/mol. The first-order chi connectivity index (χ1) is 10.5. The molecule has 2 aromatic rings. The normalized spacial score (nSPS) is 10.1. The van der Waals surface area contributed by atoms with Gasteiger partial charge in [-0.25, -0.2) is 0 Å². The fourth-order valence-electron chi connectivity index (χ4n) is 1.77. The van der Waals surface area contributed by atoms with Crippen molar-refractivity contribution >= 4 is 45.0 Å². The Hall–Kier alpha value is -1.85. The first kappa shape index (κ1) is 16.5. The van der Waals surface area contributed by atoms with Crippen LogP contribution in [0.1, 0.15) is 12.0 Å². The van der Waals surface area contributed by atoms with E-state index in [4.69, 9.17) is 11.6 Å². The average molecular weight is 382 g/mol. The molecule has 0 aliphatic rings. The molecule has 0 spiro atoms. The summed E-state index contributed by atoms with van der Waals surface area (Å²) in [6.45, 7) is 0.359. The molecule has 22 heavy (non-hydrogen) atoms. The van der Waals surface area contributed by atoms with Crippen molar-refractivity contribution in [1.29, 1.82) is 0 Å². The molecule has 114 valence electrons. The maximum absolute atomic E-state index is 11.8. The van der Waals surface area contributed by atoms with E-state index in [1.54, 1.807) is 24.3 Å². The number of nitrogens with one attached hydrogen (secondary N) is 2. The summed E-state index contributed by atoms with van der Waals surface area (Å²) in [7, 11) is 0. The predicted octanol–water partition coefficient (Wildman–Crippen LogP) is 3.75. The van der Waals surface area contributed by atoms with E-state index < -0.39 is 0 Å². The summed E-state index contributed by atoms with van der Waals surface area (Å²) >= 11 is 9.12. The van der Waals surface area contributed by atoms with Crippen LogP contribution in [-0.4, -0.2) is 11.8 Å². The molecule has 0 saturated carbocycles. The van der Waals surface area contributed by atoms with Gasteiger partial charge in [-0.15, -0.1) is 0 Å². The van der Waals surface area contributed by atoms with E-state index in [2.05, 4.69) is 26.6 Å². The number of anilines is 1. The fraction of sp³-hybridized carbons (Fsp3) is 0.125. The molecule has 0 atom stereocenters. The minimum absolute atomic E-state index is 0.227. The molecule has 0 saturated heterocycles. The highest BCUT2D eigenvalue weighted by Crippen LogP contribution is 2.21. The lowest BCUT2D eigenvalue weighted by Gasteiger charge is -2.08. The number of rotatable bonds is 5. The lowest BCUT2D eigenvalue weighted by atomic mass is 10.2. The molecule has 6 heteroatoms. The van der Waals surface area contributed by atoms with Crippen molar-refractivity contribution in [3.8, 4) is 0 Å². The summed E-state index contributed by atoms with van der Waals surface area (Å²) in [4.78, 5) is 23.6. The Bertz CT molecular complexity index is 674. The van der Waals surface area contributed by atoms with Gasteiger partial charge < -0.3 is 10.6 Å². The highest BCUT2D eigenvalue weighted by molar-refractivity contribution is 9.10. The van der Waals surface area contributed by atoms with Crippen molar-refractivity contribution in [1.82, 2.24) is 5.32 Å². The lowest BCUT2D eigenvalue weighted by Crippen LogP contribution is -2.27. The lowest BCUT2D eigenvalue weighted by molar-refractivity contribution is -0.126. The van der Waals surface area contributed by atoms with Crippen LogP contribution in [0.5, 0.6) is 0 Å². The van der Waals surface area contributed by atoms with Gasteiger partial charge in [-0.1, -0.05) is 35.9 Å². The monoisotopic (exact) mass is 380 g/mol. The second kappa shape index (κ2) is 7.96. The van der Waals surface area contributed by atoms with Gasteiger partial charge in [0.2, 0.25) is 11.8 Å². The quantitative estimate of drug-likeness (QED) is 0.775. The van der Waals surface area contributed by atoms with E-state index in [1.165, 1.54) is 0 Å². The number of benzene rings is 2. The summed E-state index contributed by atoms with van der Waals surface area (Å²) in [5.41, 5.74) is 1.56. The van der Waals surface area contributed by atoms with Crippen molar-refractivity contribution in [2.75, 3.05) is 5.32 Å². The van der Waals surface area contributed by atoms with E-state index in [0.29, 0.717) is 17.3 Å². The minimum Gasteiger partial charge on any atom is -0.352 e. The summed E-state index contributed by atoms with van der Waals surface area (Å²) in [5.74, 6) is -0.694. The molecule has 0 unspecified atom stereocenters. The van der Waals surface area contributed by atoms with Crippen molar-refractivity contribution in [3.63, 3.8) is 0 Å². The molecule has 2 N–H and O–H groups in total. The SMILES string of the molecule is O=C(CC(=O)Nc1ccccc1Br)NCc1ccc(Cl)cc1. The Morgan fingerprint density at radius 3 is 2.36 bits per heavy atom. The highest BCUT2D eigenvalue weighted by Gasteiger charge is 2.10. The van der Waals surface area contributed by atoms with E-state index >= 15 is 0 Å². The number of carbonyl (C=O) groups is 2. The number of hydrogen-bond donors (Lipinski definition) is 2. The van der Waals surface area contributed by atoms with Gasteiger partial charge in [-0.3, -0.25) is 9.59 Å². The standard InChI is InChI=1S/C16H14BrClN2O2/c17-13-3-1-2-4-14(13)20-16(22)9-15(21)19-10-11-5-7-12(18)8-6-11/h1-8H,9-10H2,(H,19,21)(H,20,22). The van der Waals surface area contributed by atoms with Gasteiger partial charge >= 0.3 is 0 Å². The Kier molecular flexibility index (Phi) is 5.98. The maximum Gasteiger partial charge on any atom is 0.233 e. The maximum atomic E-state index is 11.8. The number of hydrogen-bond acceptors (Lipinski definition) is 2. The zero-order valence-corrected chi connectivity index (χ0v) is 13.9. The van der Waals surface area contributed by atoms with E-state index in [0.717, 1.165) is 10.0 Å². The zero-order chi connectivity index (χ0) is 15.9. The topological polar surface area (TPSA) is 58.2 Å². The van der Waals surface area contributed by atoms with E-state index in [1.807, 2.05) is 24.3 Å². The summed E-state index contributed by atoms with van der Waals surface area (Å²) < 4.78 is 0.768. The molecule has 0 bridgehead atoms. The van der Waals surface area contributed by atoms with Gasteiger partial charge in [0, 0.05) is 16.0 Å². The second-order valence-corrected chi connectivity index (χ2v) is 5.90. The third kappa shape index (κ3) is 5.16. The Labute approximate surface area is 142 Å². The van der Waals surface area contributed by atoms with Gasteiger partial charge in [0.1, 0.15) is 6.42 Å². The van der Waals surface area contributed by atoms with Gasteiger partial charge in [0.25, 0.3) is 0 Å². The van der Waals surface area contributed by atoms with Crippen molar-refractivity contribution < 1.29 is 9.59 Å². The average Bonchev–Trinajstić information content (AvgIpc) is 2.49. The number of carbonyl (C=O) groups excluding carboxylic acids is 2. The Morgan fingerprint density at radius 1 is 1.00 bits per heavy atom. The van der Waals surface area contributed by atoms with Crippen molar-refractivity contribution in [3.05, 3.63) is 63.6 Å². The van der Waals surface area contributed by atoms with Crippen LogP contribution in [0.25, 0.3) is 0 Å². The smallest absolute Gasteiger partial charge is 0.233 e. The molecule has 0 heterocycles. The zero-order valence-electron chi connectivity index (χ0n) is 11.6. The van der Waals surface area contributed by atoms with Crippen LogP contribution in [-0.2, 0) is 16.1 Å². The highest BCUT2D eigenvalue weighted by atomic mass is 79.9. The summed E-state index contributed by atoms with van der Waals surface area (Å²) in [6, 6.07) is 14.4. The van der Waals surface area contributed by atoms with Crippen LogP contribution in [0.2, 0.25) is 5.02 Å². The van der Waals surface area contributed by atoms with Gasteiger partial charge in [-0.2, -0.15) is 0 Å². The molecule has 2 rings (SSSR count). The predicted molar refractivity (Wildman–Crippen MR) is 90.7 cm³/mol. The molecule has 0 aliphatic carbocycles. The number of amides is 2. The number of para-hydroxylation sites is 1. The largest absolute Gasteiger partial charge is 0.352 e. The van der Waals surface area contributed by atoms with E-state index in [-0.39, 0.29) is 18.2 Å². The molecule has 0 aromatic heterocycles. The third-order valence-electron chi connectivity index (χ3n) is 2.87.